The largest absolute Gasteiger partial charge is 0.183 e. The van der Waals surface area contributed by atoms with Gasteiger partial charge in [-0.2, -0.15) is 10.5 Å². The van der Waals surface area contributed by atoms with E-state index in [4.69, 9.17) is 5.53 Å². The van der Waals surface area contributed by atoms with Crippen LogP contribution in [0.3, 0.4) is 0 Å². The second-order valence-corrected chi connectivity index (χ2v) is 0.477. The lowest BCUT2D eigenvalue weighted by Crippen LogP contribution is -1.78. The normalized spacial score (nSPS) is 9.62. The highest BCUT2D eigenvalue weighted by Gasteiger charge is 1.78. The van der Waals surface area contributed by atoms with Gasteiger partial charge in [0.15, 0.2) is 0 Å². The second kappa shape index (κ2) is 5.85. The Hall–Kier alpha value is -1.15. The Morgan fingerprint density at radius 2 is 2.25 bits per heavy atom. The molecule has 0 heterocycles. The molecule has 0 saturated carbocycles. The van der Waals surface area contributed by atoms with E-state index in [1.54, 1.807) is 0 Å². The molecule has 0 aliphatic rings. The average Bonchev–Trinajstić information content (AvgIpc) is 1.81. The zero-order chi connectivity index (χ0) is 6.24. The SMILES string of the molecule is N=N/N=N/OOOF. The molecule has 0 rings (SSSR count). The Bertz CT molecular complexity index is 81.4. The lowest BCUT2D eigenvalue weighted by atomic mass is 12.6. The van der Waals surface area contributed by atoms with Gasteiger partial charge in [0.05, 0.1) is 5.28 Å². The van der Waals surface area contributed by atoms with Crippen molar-refractivity contribution in [3.05, 3.63) is 0 Å². The molecule has 0 atom stereocenters. The van der Waals surface area contributed by atoms with Crippen LogP contribution in [0.15, 0.2) is 15.7 Å². The smallest absolute Gasteiger partial charge is 0.0907 e. The van der Waals surface area contributed by atoms with E-state index in [2.05, 4.69) is 30.8 Å². The van der Waals surface area contributed by atoms with E-state index in [9.17, 15) is 4.53 Å². The third kappa shape index (κ3) is 4.85. The molecule has 8 heteroatoms. The van der Waals surface area contributed by atoms with Gasteiger partial charge in [0.1, 0.15) is 0 Å². The van der Waals surface area contributed by atoms with E-state index < -0.39 is 0 Å². The summed E-state index contributed by atoms with van der Waals surface area (Å²) in [5.74, 6) is 0. The van der Waals surface area contributed by atoms with Crippen molar-refractivity contribution < 1.29 is 19.6 Å². The van der Waals surface area contributed by atoms with Crippen molar-refractivity contribution in [1.29, 1.82) is 5.53 Å². The summed E-state index contributed by atoms with van der Waals surface area (Å²) in [6.07, 6.45) is 0. The lowest BCUT2D eigenvalue weighted by molar-refractivity contribution is -0.590. The molecule has 0 fully saturated rings. The maximum Gasteiger partial charge on any atom is 0.0907 e. The van der Waals surface area contributed by atoms with E-state index in [0.717, 1.165) is 0 Å². The molecule has 0 radical (unpaired) electrons. The first-order valence-corrected chi connectivity index (χ1v) is 1.29. The van der Waals surface area contributed by atoms with Crippen LogP contribution >= 0.6 is 0 Å². The van der Waals surface area contributed by atoms with Gasteiger partial charge in [0, 0.05) is 15.4 Å². The molecular formula is HFN4O3. The van der Waals surface area contributed by atoms with Gasteiger partial charge in [-0.3, -0.25) is 0 Å². The van der Waals surface area contributed by atoms with E-state index in [0.29, 0.717) is 0 Å². The first-order valence-electron chi connectivity index (χ1n) is 1.29. The molecule has 0 aliphatic heterocycles. The molecular weight excluding hydrogens is 123 g/mol. The van der Waals surface area contributed by atoms with Crippen molar-refractivity contribution in [2.24, 2.45) is 15.7 Å². The predicted molar refractivity (Wildman–Crippen MR) is 14.4 cm³/mol. The number of hydrogen-bond donors (Lipinski definition) is 1. The van der Waals surface area contributed by atoms with Gasteiger partial charge < -0.3 is 0 Å². The summed E-state index contributed by atoms with van der Waals surface area (Å²) >= 11 is 0. The molecule has 1 N–H and O–H groups in total. The van der Waals surface area contributed by atoms with Crippen LogP contribution in [0.25, 0.3) is 0 Å². The highest BCUT2D eigenvalue weighted by Crippen LogP contribution is 1.83. The molecule has 0 spiro atoms. The van der Waals surface area contributed by atoms with Gasteiger partial charge in [-0.25, -0.2) is 0 Å². The van der Waals surface area contributed by atoms with Crippen molar-refractivity contribution in [2.45, 2.75) is 0 Å². The van der Waals surface area contributed by atoms with Crippen LogP contribution in [0.4, 0.5) is 4.53 Å². The average molecular weight is 124 g/mol. The molecule has 8 heavy (non-hydrogen) atoms. The van der Waals surface area contributed by atoms with E-state index >= 15 is 0 Å². The summed E-state index contributed by atoms with van der Waals surface area (Å²) in [4.78, 5) is 3.37. The third-order valence-electron chi connectivity index (χ3n) is 0.171. The van der Waals surface area contributed by atoms with Crippen molar-refractivity contribution in [3.63, 3.8) is 0 Å². The Kier molecular flexibility index (Phi) is 5.01. The van der Waals surface area contributed by atoms with Gasteiger partial charge in [-0.05, 0) is 9.75 Å². The zero-order valence-electron chi connectivity index (χ0n) is 3.44. The summed E-state index contributed by atoms with van der Waals surface area (Å²) in [5.41, 5.74) is 5.93. The first kappa shape index (κ1) is 6.85. The summed E-state index contributed by atoms with van der Waals surface area (Å²) in [6.45, 7) is 0. The first-order chi connectivity index (χ1) is 3.91. The standard InChI is InChI=1S/FHN4O3/c1-6-8-7-5-4-3-2/h2H/b3-2?,5-4+. The second-order valence-electron chi connectivity index (χ2n) is 0.477. The summed E-state index contributed by atoms with van der Waals surface area (Å²) < 4.78 is 10.4. The number of rotatable bonds is 4. The molecule has 46 valence electrons. The Labute approximate surface area is 42.2 Å². The summed E-state index contributed by atoms with van der Waals surface area (Å²) in [7, 11) is 0. The van der Waals surface area contributed by atoms with Crippen LogP contribution in [-0.4, -0.2) is 0 Å². The molecule has 0 unspecified atom stereocenters. The quantitative estimate of drug-likeness (QED) is 0.263. The van der Waals surface area contributed by atoms with Crippen molar-refractivity contribution >= 4 is 0 Å². The summed E-state index contributed by atoms with van der Waals surface area (Å²) in [5, 5.41) is 12.8. The van der Waals surface area contributed by atoms with E-state index in [1.165, 1.54) is 0 Å². The Morgan fingerprint density at radius 1 is 1.50 bits per heavy atom. The predicted octanol–water partition coefficient (Wildman–Crippen LogP) is 1.06. The topological polar surface area (TPSA) is 88.6 Å². The number of hydrogen-bond acceptors (Lipinski definition) is 5. The molecule has 0 aromatic heterocycles. The number of nitrogens with zero attached hydrogens (tertiary/aromatic N) is 3. The van der Waals surface area contributed by atoms with E-state index in [1.807, 2.05) is 0 Å². The molecule has 0 aliphatic carbocycles. The Balaban J connectivity index is 2.91. The highest BCUT2D eigenvalue weighted by atomic mass is 19.3. The fourth-order valence-electron chi connectivity index (χ4n) is 0.0583. The molecule has 0 amide bonds. The highest BCUT2D eigenvalue weighted by molar-refractivity contribution is 3.82. The Morgan fingerprint density at radius 3 is 2.75 bits per heavy atom. The van der Waals surface area contributed by atoms with Crippen molar-refractivity contribution in [1.82, 2.24) is 0 Å². The maximum atomic E-state index is 10.4. The van der Waals surface area contributed by atoms with Gasteiger partial charge in [0.25, 0.3) is 0 Å². The molecule has 0 bridgehead atoms. The minimum Gasteiger partial charge on any atom is -0.183 e. The minimum absolute atomic E-state index is 2.33. The molecule has 0 aromatic carbocycles. The molecule has 0 aromatic rings. The monoisotopic (exact) mass is 124 g/mol. The molecule has 7 nitrogen and oxygen atoms in total. The summed E-state index contributed by atoms with van der Waals surface area (Å²) in [6, 6.07) is 0. The van der Waals surface area contributed by atoms with Crippen LogP contribution < -0.4 is 0 Å². The van der Waals surface area contributed by atoms with Crippen LogP contribution in [-0.2, 0) is 15.1 Å². The molecule has 0 saturated heterocycles. The van der Waals surface area contributed by atoms with E-state index in [-0.39, 0.29) is 0 Å². The number of halogens is 1. The van der Waals surface area contributed by atoms with Crippen molar-refractivity contribution in [2.75, 3.05) is 0 Å². The van der Waals surface area contributed by atoms with Gasteiger partial charge >= 0.3 is 0 Å². The van der Waals surface area contributed by atoms with Crippen LogP contribution in [0.1, 0.15) is 0 Å². The van der Waals surface area contributed by atoms with Crippen molar-refractivity contribution in [3.8, 4) is 0 Å². The van der Waals surface area contributed by atoms with Gasteiger partial charge in [-0.1, -0.05) is 0 Å². The van der Waals surface area contributed by atoms with Crippen LogP contribution in [0.2, 0.25) is 0 Å². The van der Waals surface area contributed by atoms with Gasteiger partial charge in [0.2, 0.25) is 0 Å². The lowest BCUT2D eigenvalue weighted by Gasteiger charge is -1.80. The van der Waals surface area contributed by atoms with Gasteiger partial charge in [-0.15, -0.1) is 0 Å². The fraction of sp³-hybridized carbons (Fsp3) is 0. The van der Waals surface area contributed by atoms with Crippen LogP contribution in [0.5, 0.6) is 0 Å². The number of nitrogens with one attached hydrogen (secondary N) is 1. The minimum atomic E-state index is 2.33. The zero-order valence-corrected chi connectivity index (χ0v) is 3.44. The fourth-order valence-corrected chi connectivity index (χ4v) is 0.0583. The van der Waals surface area contributed by atoms with Crippen LogP contribution in [0, 0.1) is 5.53 Å². The third-order valence-corrected chi connectivity index (χ3v) is 0.171. The maximum absolute atomic E-state index is 10.4.